The first-order valence-electron chi connectivity index (χ1n) is 6.03. The number of rotatable bonds is 4. The van der Waals surface area contributed by atoms with Gasteiger partial charge in [0.2, 0.25) is 0 Å². The molecule has 96 valence electrons. The largest absolute Gasteiger partial charge is 0.351 e. The van der Waals surface area contributed by atoms with Gasteiger partial charge in [0.15, 0.2) is 0 Å². The SMILES string of the molecule is O=C(NCCc1ncn[nH]1)c1cc2ccccc2[nH]1. The number of benzene rings is 1. The number of carbonyl (C=O) groups is 1. The number of aromatic amines is 2. The van der Waals surface area contributed by atoms with E-state index in [-0.39, 0.29) is 5.91 Å². The highest BCUT2D eigenvalue weighted by Crippen LogP contribution is 2.14. The third-order valence-electron chi connectivity index (χ3n) is 2.89. The summed E-state index contributed by atoms with van der Waals surface area (Å²) >= 11 is 0. The lowest BCUT2D eigenvalue weighted by Crippen LogP contribution is -2.26. The van der Waals surface area contributed by atoms with Crippen molar-refractivity contribution in [2.45, 2.75) is 6.42 Å². The lowest BCUT2D eigenvalue weighted by molar-refractivity contribution is 0.0950. The van der Waals surface area contributed by atoms with E-state index in [1.165, 1.54) is 6.33 Å². The number of nitrogens with zero attached hydrogens (tertiary/aromatic N) is 2. The molecule has 0 fully saturated rings. The molecule has 0 aliphatic heterocycles. The summed E-state index contributed by atoms with van der Waals surface area (Å²) in [6, 6.07) is 9.64. The Morgan fingerprint density at radius 2 is 2.21 bits per heavy atom. The molecule has 1 amide bonds. The van der Waals surface area contributed by atoms with Gasteiger partial charge in [-0.25, -0.2) is 4.98 Å². The standard InChI is InChI=1S/C13H13N5O/c19-13(14-6-5-12-15-8-16-18-12)11-7-9-3-1-2-4-10(9)17-11/h1-4,7-8,17H,5-6H2,(H,14,19)(H,15,16,18). The third-order valence-corrected chi connectivity index (χ3v) is 2.89. The van der Waals surface area contributed by atoms with Crippen LogP contribution in [-0.4, -0.2) is 32.6 Å². The van der Waals surface area contributed by atoms with Gasteiger partial charge >= 0.3 is 0 Å². The highest BCUT2D eigenvalue weighted by molar-refractivity contribution is 5.97. The van der Waals surface area contributed by atoms with Crippen LogP contribution in [0.15, 0.2) is 36.7 Å². The summed E-state index contributed by atoms with van der Waals surface area (Å²) in [7, 11) is 0. The minimum absolute atomic E-state index is 0.115. The van der Waals surface area contributed by atoms with Crippen molar-refractivity contribution < 1.29 is 4.79 Å². The zero-order valence-electron chi connectivity index (χ0n) is 10.2. The lowest BCUT2D eigenvalue weighted by atomic mass is 10.2. The van der Waals surface area contributed by atoms with E-state index >= 15 is 0 Å². The first-order valence-corrected chi connectivity index (χ1v) is 6.03. The summed E-state index contributed by atoms with van der Waals surface area (Å²) < 4.78 is 0. The maximum Gasteiger partial charge on any atom is 0.267 e. The number of H-pyrrole nitrogens is 2. The zero-order chi connectivity index (χ0) is 13.1. The van der Waals surface area contributed by atoms with Crippen molar-refractivity contribution in [2.24, 2.45) is 0 Å². The van der Waals surface area contributed by atoms with Gasteiger partial charge in [0.05, 0.1) is 0 Å². The van der Waals surface area contributed by atoms with Gasteiger partial charge in [-0.1, -0.05) is 18.2 Å². The van der Waals surface area contributed by atoms with Crippen LogP contribution in [0.2, 0.25) is 0 Å². The molecule has 6 nitrogen and oxygen atoms in total. The average Bonchev–Trinajstić information content (AvgIpc) is 3.07. The van der Waals surface area contributed by atoms with Gasteiger partial charge < -0.3 is 10.3 Å². The van der Waals surface area contributed by atoms with Crippen molar-refractivity contribution in [3.8, 4) is 0 Å². The van der Waals surface area contributed by atoms with E-state index in [0.29, 0.717) is 18.7 Å². The van der Waals surface area contributed by atoms with Crippen molar-refractivity contribution in [2.75, 3.05) is 6.54 Å². The Kier molecular flexibility index (Phi) is 2.97. The fourth-order valence-electron chi connectivity index (χ4n) is 1.94. The smallest absolute Gasteiger partial charge is 0.267 e. The van der Waals surface area contributed by atoms with E-state index in [1.807, 2.05) is 30.3 Å². The Balaban J connectivity index is 1.63. The van der Waals surface area contributed by atoms with E-state index < -0.39 is 0 Å². The minimum atomic E-state index is -0.115. The third kappa shape index (κ3) is 2.47. The van der Waals surface area contributed by atoms with E-state index in [0.717, 1.165) is 16.7 Å². The second-order valence-corrected chi connectivity index (χ2v) is 4.21. The Morgan fingerprint density at radius 3 is 3.00 bits per heavy atom. The normalized spacial score (nSPS) is 10.7. The molecule has 0 spiro atoms. The van der Waals surface area contributed by atoms with Gasteiger partial charge in [-0.3, -0.25) is 9.89 Å². The highest BCUT2D eigenvalue weighted by atomic mass is 16.1. The van der Waals surface area contributed by atoms with Crippen LogP contribution >= 0.6 is 0 Å². The van der Waals surface area contributed by atoms with Crippen LogP contribution in [0, 0.1) is 0 Å². The molecular formula is C13H13N5O. The second-order valence-electron chi connectivity index (χ2n) is 4.21. The predicted octanol–water partition coefficient (Wildman–Crippen LogP) is 1.26. The summed E-state index contributed by atoms with van der Waals surface area (Å²) in [5.41, 5.74) is 1.53. The van der Waals surface area contributed by atoms with E-state index in [9.17, 15) is 4.79 Å². The summed E-state index contributed by atoms with van der Waals surface area (Å²) in [4.78, 5) is 19.0. The fraction of sp³-hybridized carbons (Fsp3) is 0.154. The maximum absolute atomic E-state index is 12.0. The number of hydrogen-bond acceptors (Lipinski definition) is 3. The number of nitrogens with one attached hydrogen (secondary N) is 3. The van der Waals surface area contributed by atoms with Crippen molar-refractivity contribution >= 4 is 16.8 Å². The van der Waals surface area contributed by atoms with Crippen molar-refractivity contribution in [3.63, 3.8) is 0 Å². The van der Waals surface area contributed by atoms with Crippen LogP contribution in [0.25, 0.3) is 10.9 Å². The van der Waals surface area contributed by atoms with Crippen LogP contribution in [0.5, 0.6) is 0 Å². The summed E-state index contributed by atoms with van der Waals surface area (Å²) in [6.45, 7) is 0.517. The molecule has 3 rings (SSSR count). The molecule has 19 heavy (non-hydrogen) atoms. The Hall–Kier alpha value is -2.63. The molecule has 0 aliphatic rings. The number of fused-ring (bicyclic) bond motifs is 1. The van der Waals surface area contributed by atoms with Gasteiger partial charge in [-0.05, 0) is 12.1 Å². The van der Waals surface area contributed by atoms with Crippen molar-refractivity contribution in [1.29, 1.82) is 0 Å². The molecule has 3 N–H and O–H groups in total. The zero-order valence-corrected chi connectivity index (χ0v) is 10.2. The Bertz CT molecular complexity index is 653. The monoisotopic (exact) mass is 255 g/mol. The first kappa shape index (κ1) is 11.5. The number of carbonyl (C=O) groups excluding carboxylic acids is 1. The molecule has 0 aliphatic carbocycles. The van der Waals surface area contributed by atoms with E-state index in [1.54, 1.807) is 0 Å². The van der Waals surface area contributed by atoms with E-state index in [2.05, 4.69) is 25.5 Å². The van der Waals surface area contributed by atoms with Crippen LogP contribution in [-0.2, 0) is 6.42 Å². The van der Waals surface area contributed by atoms with Crippen molar-refractivity contribution in [1.82, 2.24) is 25.5 Å². The predicted molar refractivity (Wildman–Crippen MR) is 70.7 cm³/mol. The highest BCUT2D eigenvalue weighted by Gasteiger charge is 2.08. The summed E-state index contributed by atoms with van der Waals surface area (Å²) in [6.07, 6.45) is 2.08. The van der Waals surface area contributed by atoms with Crippen LogP contribution in [0.4, 0.5) is 0 Å². The molecule has 2 heterocycles. The van der Waals surface area contributed by atoms with Crippen LogP contribution < -0.4 is 5.32 Å². The van der Waals surface area contributed by atoms with Gasteiger partial charge in [0.1, 0.15) is 17.8 Å². The molecule has 0 unspecified atom stereocenters. The molecule has 0 saturated heterocycles. The van der Waals surface area contributed by atoms with Gasteiger partial charge in [-0.15, -0.1) is 0 Å². The maximum atomic E-state index is 12.0. The Morgan fingerprint density at radius 1 is 1.32 bits per heavy atom. The number of aromatic nitrogens is 4. The quantitative estimate of drug-likeness (QED) is 0.656. The van der Waals surface area contributed by atoms with Crippen LogP contribution in [0.3, 0.4) is 0 Å². The summed E-state index contributed by atoms with van der Waals surface area (Å²) in [5, 5.41) is 10.4. The molecule has 0 atom stereocenters. The second kappa shape index (κ2) is 4.93. The minimum Gasteiger partial charge on any atom is -0.351 e. The number of para-hydroxylation sites is 1. The topological polar surface area (TPSA) is 86.5 Å². The molecule has 6 heteroatoms. The molecule has 0 bridgehead atoms. The molecule has 3 aromatic rings. The molecule has 1 aromatic carbocycles. The number of hydrogen-bond donors (Lipinski definition) is 3. The van der Waals surface area contributed by atoms with E-state index in [4.69, 9.17) is 0 Å². The average molecular weight is 255 g/mol. The van der Waals surface area contributed by atoms with Crippen LogP contribution in [0.1, 0.15) is 16.3 Å². The lowest BCUT2D eigenvalue weighted by Gasteiger charge is -2.01. The first-order chi connectivity index (χ1) is 9.33. The molecular weight excluding hydrogens is 242 g/mol. The molecule has 0 saturated carbocycles. The molecule has 0 radical (unpaired) electrons. The fourth-order valence-corrected chi connectivity index (χ4v) is 1.94. The van der Waals surface area contributed by atoms with Crippen molar-refractivity contribution in [3.05, 3.63) is 48.2 Å². The van der Waals surface area contributed by atoms with Gasteiger partial charge in [0, 0.05) is 23.9 Å². The summed E-state index contributed by atoms with van der Waals surface area (Å²) in [5.74, 6) is 0.646. The number of amides is 1. The van der Waals surface area contributed by atoms with Gasteiger partial charge in [0.25, 0.3) is 5.91 Å². The van der Waals surface area contributed by atoms with Gasteiger partial charge in [-0.2, -0.15) is 5.10 Å². The molecule has 2 aromatic heterocycles. The Labute approximate surface area is 109 Å².